The zero-order valence-electron chi connectivity index (χ0n) is 13.7. The lowest BCUT2D eigenvalue weighted by atomic mass is 9.91. The quantitative estimate of drug-likeness (QED) is 0.670. The van der Waals surface area contributed by atoms with Gasteiger partial charge in [0.25, 0.3) is 0 Å². The van der Waals surface area contributed by atoms with E-state index in [0.717, 1.165) is 53.2 Å². The number of hydrogen-bond donors (Lipinski definition) is 0. The van der Waals surface area contributed by atoms with E-state index in [1.807, 2.05) is 30.6 Å². The average molecular weight is 338 g/mol. The summed E-state index contributed by atoms with van der Waals surface area (Å²) in [5.74, 6) is 0.969. The van der Waals surface area contributed by atoms with Crippen LogP contribution in [0, 0.1) is 6.92 Å². The minimum Gasteiger partial charge on any atom is -0.493 e. The number of ether oxygens (including phenoxy) is 1. The predicted molar refractivity (Wildman–Crippen MR) is 95.9 cm³/mol. The van der Waals surface area contributed by atoms with Gasteiger partial charge >= 0.3 is 0 Å². The van der Waals surface area contributed by atoms with E-state index in [9.17, 15) is 4.79 Å². The molecule has 0 aliphatic carbocycles. The van der Waals surface area contributed by atoms with Crippen LogP contribution < -0.4 is 4.74 Å². The van der Waals surface area contributed by atoms with Crippen LogP contribution in [0.3, 0.4) is 0 Å². The Morgan fingerprint density at radius 3 is 2.96 bits per heavy atom. The van der Waals surface area contributed by atoms with Crippen LogP contribution in [-0.4, -0.2) is 22.7 Å². The van der Waals surface area contributed by atoms with Crippen molar-refractivity contribution < 1.29 is 9.53 Å². The van der Waals surface area contributed by atoms with E-state index in [4.69, 9.17) is 4.74 Å². The number of aldehydes is 1. The number of rotatable bonds is 3. The van der Waals surface area contributed by atoms with Gasteiger partial charge < -0.3 is 4.74 Å². The highest BCUT2D eigenvalue weighted by molar-refractivity contribution is 7.13. The van der Waals surface area contributed by atoms with Crippen LogP contribution in [0.4, 0.5) is 0 Å². The second-order valence-corrected chi connectivity index (χ2v) is 6.94. The van der Waals surface area contributed by atoms with E-state index in [1.165, 1.54) is 11.1 Å². The summed E-state index contributed by atoms with van der Waals surface area (Å²) >= 11 is 1.64. The number of aryl methyl sites for hydroxylation is 1. The molecule has 3 heterocycles. The van der Waals surface area contributed by atoms with Crippen molar-refractivity contribution >= 4 is 17.6 Å². The fourth-order valence-electron chi connectivity index (χ4n) is 3.40. The van der Waals surface area contributed by atoms with Crippen LogP contribution in [0.15, 0.2) is 29.6 Å². The van der Waals surface area contributed by atoms with Crippen LogP contribution in [0.25, 0.3) is 21.7 Å². The van der Waals surface area contributed by atoms with Gasteiger partial charge in [0.2, 0.25) is 0 Å². The molecule has 4 nitrogen and oxygen atoms in total. The fourth-order valence-corrected chi connectivity index (χ4v) is 4.12. The first-order valence-corrected chi connectivity index (χ1v) is 8.90. The molecule has 1 aliphatic heterocycles. The molecule has 0 spiro atoms. The molecule has 0 N–H and O–H groups in total. The SMILES string of the molecule is Cc1c(-c2c(-c3cccs3)nn(C)c2C=O)ccc2c1CCCO2. The molecule has 24 heavy (non-hydrogen) atoms. The van der Waals surface area contributed by atoms with Gasteiger partial charge in [0.1, 0.15) is 17.1 Å². The first-order valence-electron chi connectivity index (χ1n) is 8.02. The molecule has 0 unspecified atom stereocenters. The van der Waals surface area contributed by atoms with Gasteiger partial charge in [0.05, 0.1) is 11.5 Å². The lowest BCUT2D eigenvalue weighted by Crippen LogP contribution is -2.10. The van der Waals surface area contributed by atoms with Crippen LogP contribution in [0.5, 0.6) is 5.75 Å². The second kappa shape index (κ2) is 5.91. The van der Waals surface area contributed by atoms with E-state index in [1.54, 1.807) is 16.0 Å². The highest BCUT2D eigenvalue weighted by Crippen LogP contribution is 2.40. The van der Waals surface area contributed by atoms with Crippen LogP contribution in [0.2, 0.25) is 0 Å². The maximum absolute atomic E-state index is 11.7. The van der Waals surface area contributed by atoms with Gasteiger partial charge in [-0.1, -0.05) is 12.1 Å². The molecule has 3 aromatic rings. The van der Waals surface area contributed by atoms with Gasteiger partial charge in [0.15, 0.2) is 6.29 Å². The van der Waals surface area contributed by atoms with Crippen molar-refractivity contribution in [2.45, 2.75) is 19.8 Å². The van der Waals surface area contributed by atoms with Crippen molar-refractivity contribution in [3.05, 3.63) is 46.5 Å². The number of thiophene rings is 1. The van der Waals surface area contributed by atoms with Gasteiger partial charge in [-0.05, 0) is 54.0 Å². The van der Waals surface area contributed by atoms with Gasteiger partial charge in [-0.15, -0.1) is 11.3 Å². The lowest BCUT2D eigenvalue weighted by Gasteiger charge is -2.21. The van der Waals surface area contributed by atoms with Gasteiger partial charge in [-0.3, -0.25) is 9.48 Å². The minimum absolute atomic E-state index is 0.609. The molecule has 2 aromatic heterocycles. The zero-order valence-corrected chi connectivity index (χ0v) is 14.5. The molecule has 0 bridgehead atoms. The van der Waals surface area contributed by atoms with E-state index < -0.39 is 0 Å². The lowest BCUT2D eigenvalue weighted by molar-refractivity contribution is 0.111. The van der Waals surface area contributed by atoms with E-state index in [-0.39, 0.29) is 0 Å². The summed E-state index contributed by atoms with van der Waals surface area (Å²) in [6.07, 6.45) is 2.94. The molecular formula is C19H18N2O2S. The van der Waals surface area contributed by atoms with Crippen molar-refractivity contribution in [1.82, 2.24) is 9.78 Å². The van der Waals surface area contributed by atoms with Crippen molar-refractivity contribution in [2.75, 3.05) is 6.61 Å². The van der Waals surface area contributed by atoms with Gasteiger partial charge in [-0.25, -0.2) is 0 Å². The molecule has 1 aliphatic rings. The number of fused-ring (bicyclic) bond motifs is 1. The number of nitrogens with zero attached hydrogens (tertiary/aromatic N) is 2. The molecule has 0 saturated heterocycles. The van der Waals surface area contributed by atoms with Crippen LogP contribution in [0.1, 0.15) is 28.0 Å². The summed E-state index contributed by atoms with van der Waals surface area (Å²) in [5, 5.41) is 6.65. The zero-order chi connectivity index (χ0) is 16.7. The summed E-state index contributed by atoms with van der Waals surface area (Å²) in [4.78, 5) is 12.8. The number of aromatic nitrogens is 2. The molecule has 0 atom stereocenters. The fraction of sp³-hybridized carbons (Fsp3) is 0.263. The topological polar surface area (TPSA) is 44.1 Å². The first kappa shape index (κ1) is 15.1. The van der Waals surface area contributed by atoms with Crippen LogP contribution >= 0.6 is 11.3 Å². The summed E-state index contributed by atoms with van der Waals surface area (Å²) in [6.45, 7) is 2.89. The van der Waals surface area contributed by atoms with Crippen molar-refractivity contribution in [3.63, 3.8) is 0 Å². The highest BCUT2D eigenvalue weighted by Gasteiger charge is 2.23. The van der Waals surface area contributed by atoms with Crippen molar-refractivity contribution in [2.24, 2.45) is 7.05 Å². The molecule has 4 rings (SSSR count). The van der Waals surface area contributed by atoms with Crippen LogP contribution in [-0.2, 0) is 13.5 Å². The van der Waals surface area contributed by atoms with E-state index >= 15 is 0 Å². The summed E-state index contributed by atoms with van der Waals surface area (Å²) < 4.78 is 7.44. The normalized spacial score (nSPS) is 13.4. The number of benzene rings is 1. The Kier molecular flexibility index (Phi) is 3.73. The molecule has 122 valence electrons. The smallest absolute Gasteiger partial charge is 0.168 e. The molecule has 0 radical (unpaired) electrons. The number of carbonyl (C=O) groups is 1. The summed E-state index contributed by atoms with van der Waals surface area (Å²) in [6, 6.07) is 8.13. The Balaban J connectivity index is 1.98. The van der Waals surface area contributed by atoms with Crippen molar-refractivity contribution in [1.29, 1.82) is 0 Å². The Bertz CT molecular complexity index is 910. The number of hydrogen-bond acceptors (Lipinski definition) is 4. The minimum atomic E-state index is 0.609. The summed E-state index contributed by atoms with van der Waals surface area (Å²) in [5.41, 5.74) is 5.89. The Morgan fingerprint density at radius 1 is 1.33 bits per heavy atom. The third-order valence-electron chi connectivity index (χ3n) is 4.61. The van der Waals surface area contributed by atoms with Gasteiger partial charge in [-0.2, -0.15) is 5.10 Å². The molecule has 1 aromatic carbocycles. The third-order valence-corrected chi connectivity index (χ3v) is 5.49. The monoisotopic (exact) mass is 338 g/mol. The standard InChI is InChI=1S/C19H18N2O2S/c1-12-13-5-3-9-23-16(13)8-7-14(12)18-15(11-22)21(2)20-19(18)17-6-4-10-24-17/h4,6-8,10-11H,3,5,9H2,1-2H3. The third kappa shape index (κ3) is 2.27. The second-order valence-electron chi connectivity index (χ2n) is 5.99. The van der Waals surface area contributed by atoms with E-state index in [0.29, 0.717) is 5.69 Å². The maximum Gasteiger partial charge on any atom is 0.168 e. The first-order chi connectivity index (χ1) is 11.7. The maximum atomic E-state index is 11.7. The summed E-state index contributed by atoms with van der Waals surface area (Å²) in [7, 11) is 1.82. The highest BCUT2D eigenvalue weighted by atomic mass is 32.1. The van der Waals surface area contributed by atoms with Gasteiger partial charge in [0, 0.05) is 12.6 Å². The number of carbonyl (C=O) groups excluding carboxylic acids is 1. The Morgan fingerprint density at radius 2 is 2.21 bits per heavy atom. The van der Waals surface area contributed by atoms with Crippen molar-refractivity contribution in [3.8, 4) is 27.4 Å². The molecule has 0 amide bonds. The molecule has 5 heteroatoms. The van der Waals surface area contributed by atoms with E-state index in [2.05, 4.69) is 18.1 Å². The Hall–Kier alpha value is -2.40. The molecular weight excluding hydrogens is 320 g/mol. The predicted octanol–water partition coefficient (Wildman–Crippen LogP) is 4.26. The average Bonchev–Trinajstić information content (AvgIpc) is 3.23. The largest absolute Gasteiger partial charge is 0.493 e. The molecule has 0 saturated carbocycles. The molecule has 0 fully saturated rings. The Labute approximate surface area is 144 Å².